The molecule has 3 aromatic rings. The Morgan fingerprint density at radius 3 is 2.65 bits per heavy atom. The van der Waals surface area contributed by atoms with Gasteiger partial charge in [0.15, 0.2) is 17.2 Å². The van der Waals surface area contributed by atoms with Crippen molar-refractivity contribution in [1.29, 1.82) is 0 Å². The fourth-order valence-electron chi connectivity index (χ4n) is 2.07. The minimum absolute atomic E-state index is 0.444. The van der Waals surface area contributed by atoms with Crippen LogP contribution in [0.4, 0.5) is 8.78 Å². The largest absolute Gasteiger partial charge is 0.457 e. The van der Waals surface area contributed by atoms with Gasteiger partial charge in [0.2, 0.25) is 0 Å². The molecule has 0 radical (unpaired) electrons. The SMILES string of the molecule is Cc1ccc2oc(C(N)c3ccc(F)c(F)c3)cc2n1. The Labute approximate surface area is 114 Å². The molecule has 5 heteroatoms. The second-order valence-corrected chi connectivity index (χ2v) is 4.64. The van der Waals surface area contributed by atoms with Gasteiger partial charge >= 0.3 is 0 Å². The van der Waals surface area contributed by atoms with Crippen LogP contribution >= 0.6 is 0 Å². The van der Waals surface area contributed by atoms with Gasteiger partial charge in [-0.15, -0.1) is 0 Å². The average molecular weight is 274 g/mol. The highest BCUT2D eigenvalue weighted by atomic mass is 19.2. The van der Waals surface area contributed by atoms with Crippen molar-refractivity contribution < 1.29 is 13.2 Å². The van der Waals surface area contributed by atoms with Gasteiger partial charge in [0.1, 0.15) is 11.3 Å². The highest BCUT2D eigenvalue weighted by molar-refractivity contribution is 5.73. The van der Waals surface area contributed by atoms with Crippen LogP contribution in [-0.4, -0.2) is 4.98 Å². The molecule has 1 unspecified atom stereocenters. The number of fused-ring (bicyclic) bond motifs is 1. The van der Waals surface area contributed by atoms with Gasteiger partial charge in [-0.2, -0.15) is 0 Å². The average Bonchev–Trinajstić information content (AvgIpc) is 2.84. The molecule has 0 aliphatic heterocycles. The summed E-state index contributed by atoms with van der Waals surface area (Å²) >= 11 is 0. The topological polar surface area (TPSA) is 52.0 Å². The van der Waals surface area contributed by atoms with E-state index < -0.39 is 17.7 Å². The van der Waals surface area contributed by atoms with Crippen molar-refractivity contribution in [1.82, 2.24) is 4.98 Å². The molecule has 102 valence electrons. The lowest BCUT2D eigenvalue weighted by Gasteiger charge is -2.09. The molecular weight excluding hydrogens is 262 g/mol. The van der Waals surface area contributed by atoms with Crippen LogP contribution in [0.2, 0.25) is 0 Å². The van der Waals surface area contributed by atoms with Crippen molar-refractivity contribution in [2.45, 2.75) is 13.0 Å². The van der Waals surface area contributed by atoms with E-state index in [1.165, 1.54) is 6.07 Å². The maximum Gasteiger partial charge on any atom is 0.159 e. The number of pyridine rings is 1. The Balaban J connectivity index is 2.02. The van der Waals surface area contributed by atoms with E-state index in [2.05, 4.69) is 4.98 Å². The molecule has 2 N–H and O–H groups in total. The van der Waals surface area contributed by atoms with E-state index in [0.29, 0.717) is 22.4 Å². The normalized spacial score (nSPS) is 12.8. The first-order valence-corrected chi connectivity index (χ1v) is 6.12. The fourth-order valence-corrected chi connectivity index (χ4v) is 2.07. The van der Waals surface area contributed by atoms with Gasteiger partial charge in [-0.3, -0.25) is 0 Å². The van der Waals surface area contributed by atoms with Gasteiger partial charge in [-0.1, -0.05) is 6.07 Å². The van der Waals surface area contributed by atoms with E-state index in [9.17, 15) is 8.78 Å². The second-order valence-electron chi connectivity index (χ2n) is 4.64. The Bertz CT molecular complexity index is 783. The Kier molecular flexibility index (Phi) is 2.99. The number of halogens is 2. The van der Waals surface area contributed by atoms with Gasteiger partial charge in [0.05, 0.1) is 6.04 Å². The molecule has 1 atom stereocenters. The summed E-state index contributed by atoms with van der Waals surface area (Å²) in [5.41, 5.74) is 8.64. The lowest BCUT2D eigenvalue weighted by molar-refractivity contribution is 0.499. The van der Waals surface area contributed by atoms with E-state index in [1.54, 1.807) is 12.1 Å². The Morgan fingerprint density at radius 1 is 1.10 bits per heavy atom. The third kappa shape index (κ3) is 2.16. The molecule has 0 fully saturated rings. The summed E-state index contributed by atoms with van der Waals surface area (Å²) in [5.74, 6) is -1.37. The van der Waals surface area contributed by atoms with Crippen molar-refractivity contribution in [3.63, 3.8) is 0 Å². The number of hydrogen-bond donors (Lipinski definition) is 1. The molecule has 0 saturated carbocycles. The highest BCUT2D eigenvalue weighted by Crippen LogP contribution is 2.26. The maximum atomic E-state index is 13.2. The predicted molar refractivity (Wildman–Crippen MR) is 71.1 cm³/mol. The summed E-state index contributed by atoms with van der Waals surface area (Å²) in [7, 11) is 0. The van der Waals surface area contributed by atoms with E-state index in [1.807, 2.05) is 13.0 Å². The minimum Gasteiger partial charge on any atom is -0.457 e. The molecule has 3 nitrogen and oxygen atoms in total. The van der Waals surface area contributed by atoms with Crippen LogP contribution in [-0.2, 0) is 0 Å². The Morgan fingerprint density at radius 2 is 1.90 bits per heavy atom. The predicted octanol–water partition coefficient (Wildman–Crippen LogP) is 3.46. The lowest BCUT2D eigenvalue weighted by Crippen LogP contribution is -2.11. The first-order chi connectivity index (χ1) is 9.54. The molecule has 2 aromatic heterocycles. The minimum atomic E-state index is -0.928. The molecule has 1 aromatic carbocycles. The van der Waals surface area contributed by atoms with Crippen LogP contribution in [0.15, 0.2) is 40.8 Å². The van der Waals surface area contributed by atoms with Crippen LogP contribution in [0.25, 0.3) is 11.1 Å². The number of nitrogens with zero attached hydrogens (tertiary/aromatic N) is 1. The number of furan rings is 1. The first-order valence-electron chi connectivity index (χ1n) is 6.12. The second kappa shape index (κ2) is 4.68. The summed E-state index contributed by atoms with van der Waals surface area (Å²) in [6.07, 6.45) is 0. The summed E-state index contributed by atoms with van der Waals surface area (Å²) < 4.78 is 31.8. The van der Waals surface area contributed by atoms with Gasteiger partial charge in [0.25, 0.3) is 0 Å². The zero-order valence-electron chi connectivity index (χ0n) is 10.7. The van der Waals surface area contributed by atoms with E-state index in [0.717, 1.165) is 17.8 Å². The van der Waals surface area contributed by atoms with Crippen LogP contribution in [0.3, 0.4) is 0 Å². The van der Waals surface area contributed by atoms with Crippen molar-refractivity contribution in [2.75, 3.05) is 0 Å². The third-order valence-electron chi connectivity index (χ3n) is 3.14. The summed E-state index contributed by atoms with van der Waals surface area (Å²) in [4.78, 5) is 4.32. The van der Waals surface area contributed by atoms with Gasteiger partial charge < -0.3 is 10.2 Å². The zero-order valence-corrected chi connectivity index (χ0v) is 10.7. The van der Waals surface area contributed by atoms with Crippen LogP contribution in [0, 0.1) is 18.6 Å². The molecule has 0 saturated heterocycles. The molecule has 0 bridgehead atoms. The molecule has 3 rings (SSSR count). The number of aryl methyl sites for hydroxylation is 1. The lowest BCUT2D eigenvalue weighted by atomic mass is 10.1. The van der Waals surface area contributed by atoms with Gasteiger partial charge in [-0.05, 0) is 36.8 Å². The number of aromatic nitrogens is 1. The quantitative estimate of drug-likeness (QED) is 0.778. The summed E-state index contributed by atoms with van der Waals surface area (Å²) in [6.45, 7) is 1.88. The van der Waals surface area contributed by atoms with E-state index in [-0.39, 0.29) is 0 Å². The van der Waals surface area contributed by atoms with Crippen LogP contribution < -0.4 is 5.73 Å². The summed E-state index contributed by atoms with van der Waals surface area (Å²) in [5, 5.41) is 0. The first kappa shape index (κ1) is 12.7. The van der Waals surface area contributed by atoms with Crippen molar-refractivity contribution >= 4 is 11.1 Å². The highest BCUT2D eigenvalue weighted by Gasteiger charge is 2.16. The van der Waals surface area contributed by atoms with E-state index in [4.69, 9.17) is 10.2 Å². The van der Waals surface area contributed by atoms with Gasteiger partial charge in [0, 0.05) is 11.8 Å². The summed E-state index contributed by atoms with van der Waals surface area (Å²) in [6, 6.07) is 8.25. The van der Waals surface area contributed by atoms with Gasteiger partial charge in [-0.25, -0.2) is 13.8 Å². The van der Waals surface area contributed by atoms with E-state index >= 15 is 0 Å². The standard InChI is InChI=1S/C15H12F2N2O/c1-8-2-5-13-12(19-8)7-14(20-13)15(18)9-3-4-10(16)11(17)6-9/h2-7,15H,18H2,1H3. The van der Waals surface area contributed by atoms with Crippen LogP contribution in [0.1, 0.15) is 23.1 Å². The number of hydrogen-bond acceptors (Lipinski definition) is 3. The molecule has 20 heavy (non-hydrogen) atoms. The molecule has 0 amide bonds. The molecule has 0 aliphatic rings. The molecular formula is C15H12F2N2O. The maximum absolute atomic E-state index is 13.2. The molecule has 0 spiro atoms. The monoisotopic (exact) mass is 274 g/mol. The number of benzene rings is 1. The molecule has 0 aliphatic carbocycles. The smallest absolute Gasteiger partial charge is 0.159 e. The number of nitrogens with two attached hydrogens (primary N) is 1. The molecule has 2 heterocycles. The third-order valence-corrected chi connectivity index (χ3v) is 3.14. The van der Waals surface area contributed by atoms with Crippen molar-refractivity contribution in [3.05, 3.63) is 65.1 Å². The van der Waals surface area contributed by atoms with Crippen LogP contribution in [0.5, 0.6) is 0 Å². The zero-order chi connectivity index (χ0) is 14.3. The fraction of sp³-hybridized carbons (Fsp3) is 0.133. The van der Waals surface area contributed by atoms with Crippen molar-refractivity contribution in [3.8, 4) is 0 Å². The Hall–Kier alpha value is -2.27. The van der Waals surface area contributed by atoms with Crippen molar-refractivity contribution in [2.24, 2.45) is 5.73 Å². The number of rotatable bonds is 2.